The summed E-state index contributed by atoms with van der Waals surface area (Å²) in [6, 6.07) is 14.3. The number of urea groups is 1. The third-order valence-corrected chi connectivity index (χ3v) is 13.9. The van der Waals surface area contributed by atoms with Crippen LogP contribution in [0.5, 0.6) is 0 Å². The fraction of sp³-hybridized carbons (Fsp3) is 0.704. The van der Waals surface area contributed by atoms with E-state index in [1.165, 1.54) is 93.3 Å². The van der Waals surface area contributed by atoms with Crippen LogP contribution in [0.1, 0.15) is 137 Å². The Morgan fingerprint density at radius 2 is 1.15 bits per heavy atom. The minimum absolute atomic E-state index is 0.00315. The van der Waals surface area contributed by atoms with Gasteiger partial charge >= 0.3 is 6.03 Å². The number of benzene rings is 2. The molecule has 4 aliphatic rings. The van der Waals surface area contributed by atoms with Crippen molar-refractivity contribution < 1.29 is 24.1 Å². The van der Waals surface area contributed by atoms with Crippen LogP contribution < -0.4 is 26.2 Å². The molecule has 5 N–H and O–H groups in total. The van der Waals surface area contributed by atoms with Gasteiger partial charge in [0.05, 0.1) is 25.7 Å². The van der Waals surface area contributed by atoms with E-state index in [2.05, 4.69) is 94.9 Å². The lowest BCUT2D eigenvalue weighted by Gasteiger charge is -2.39. The Kier molecular flexibility index (Phi) is 26.5. The van der Waals surface area contributed by atoms with Crippen molar-refractivity contribution in [2.24, 2.45) is 16.8 Å². The largest absolute Gasteiger partial charge is 0.336 e. The number of nitrogens with one attached hydrogen (secondary N) is 5. The second-order valence-corrected chi connectivity index (χ2v) is 19.7. The second-order valence-electron chi connectivity index (χ2n) is 19.7. The molecule has 0 saturated carbocycles. The van der Waals surface area contributed by atoms with Crippen molar-refractivity contribution in [1.82, 2.24) is 25.3 Å². The first-order valence-corrected chi connectivity index (χ1v) is 26.1. The van der Waals surface area contributed by atoms with Crippen molar-refractivity contribution in [3.63, 3.8) is 0 Å². The van der Waals surface area contributed by atoms with E-state index in [1.807, 2.05) is 44.7 Å². The summed E-state index contributed by atoms with van der Waals surface area (Å²) < 4.78 is 0. The number of carbonyl (C=O) groups is 3. The molecule has 2 aromatic rings. The highest BCUT2D eigenvalue weighted by molar-refractivity contribution is 5.89. The molecule has 4 amide bonds. The highest BCUT2D eigenvalue weighted by Crippen LogP contribution is 2.30. The lowest BCUT2D eigenvalue weighted by molar-refractivity contribution is -0.894. The van der Waals surface area contributed by atoms with Crippen molar-refractivity contribution >= 4 is 35.3 Å². The summed E-state index contributed by atoms with van der Waals surface area (Å²) in [6.07, 6.45) is 13.1. The van der Waals surface area contributed by atoms with Crippen LogP contribution in [0.3, 0.4) is 0 Å². The number of fused-ring (bicyclic) bond motifs is 2. The van der Waals surface area contributed by atoms with E-state index in [-0.39, 0.29) is 29.9 Å². The fourth-order valence-corrected chi connectivity index (χ4v) is 9.97. The maximum absolute atomic E-state index is 12.2. The van der Waals surface area contributed by atoms with Crippen LogP contribution >= 0.6 is 0 Å². The molecule has 0 aromatic heterocycles. The second kappa shape index (κ2) is 31.1. The first-order chi connectivity index (χ1) is 32.1. The number of piperidine rings is 2. The molecule has 376 valence electrons. The molecule has 2 unspecified atom stereocenters. The van der Waals surface area contributed by atoms with Crippen LogP contribution in [0.2, 0.25) is 0 Å². The average Bonchev–Trinajstić information content (AvgIpc) is 3.30. The lowest BCUT2D eigenvalue weighted by Crippen LogP contribution is -3.11. The number of hydrogen-bond acceptors (Lipinski definition) is 8. The predicted molar refractivity (Wildman–Crippen MR) is 277 cm³/mol. The first kappa shape index (κ1) is 57.2. The summed E-state index contributed by atoms with van der Waals surface area (Å²) in [6.45, 7) is 34.4. The molecule has 2 aliphatic carbocycles. The zero-order chi connectivity index (χ0) is 49.3. The Morgan fingerprint density at radius 3 is 1.49 bits per heavy atom. The molecule has 0 spiro atoms. The van der Waals surface area contributed by atoms with E-state index in [0.29, 0.717) is 18.0 Å². The zero-order valence-electron chi connectivity index (χ0n) is 43.7. The number of quaternary nitrogens is 1. The summed E-state index contributed by atoms with van der Waals surface area (Å²) in [5.41, 5.74) is 7.50. The van der Waals surface area contributed by atoms with E-state index in [1.54, 1.807) is 18.7 Å². The van der Waals surface area contributed by atoms with Gasteiger partial charge in [-0.25, -0.2) is 14.6 Å². The lowest BCUT2D eigenvalue weighted by atomic mass is 9.86. The minimum Gasteiger partial charge on any atom is -0.336 e. The van der Waals surface area contributed by atoms with Gasteiger partial charge in [0, 0.05) is 69.5 Å². The third kappa shape index (κ3) is 21.0. The quantitative estimate of drug-likeness (QED) is 0.0945. The van der Waals surface area contributed by atoms with Crippen molar-refractivity contribution in [2.75, 3.05) is 82.6 Å². The molecule has 67 heavy (non-hydrogen) atoms. The van der Waals surface area contributed by atoms with E-state index < -0.39 is 0 Å². The molecular weight excluding hydrogens is 839 g/mol. The summed E-state index contributed by atoms with van der Waals surface area (Å²) >= 11 is 0. The summed E-state index contributed by atoms with van der Waals surface area (Å²) in [7, 11) is 0. The van der Waals surface area contributed by atoms with Gasteiger partial charge in [-0.3, -0.25) is 9.59 Å². The summed E-state index contributed by atoms with van der Waals surface area (Å²) in [5.74, 6) is 1.48. The summed E-state index contributed by atoms with van der Waals surface area (Å²) in [4.78, 5) is 56.5. The Hall–Kier alpha value is -4.13. The maximum Gasteiger partial charge on any atom is 0.317 e. The highest BCUT2D eigenvalue weighted by atomic mass is 16.2. The number of isocyanates is 1. The van der Waals surface area contributed by atoms with Gasteiger partial charge in [0.25, 0.3) is 0 Å². The topological polar surface area (TPSA) is 143 Å². The maximum atomic E-state index is 12.2. The number of aryl methyl sites for hydroxylation is 2. The van der Waals surface area contributed by atoms with Gasteiger partial charge in [0.15, 0.2) is 0 Å². The third-order valence-electron chi connectivity index (χ3n) is 13.9. The molecule has 13 nitrogen and oxygen atoms in total. The molecule has 2 heterocycles. The Morgan fingerprint density at radius 1 is 0.701 bits per heavy atom. The number of likely N-dealkylation sites (tertiary alicyclic amines) is 1. The number of hydrogen-bond donors (Lipinski definition) is 5. The molecule has 2 fully saturated rings. The fourth-order valence-electron chi connectivity index (χ4n) is 9.97. The highest BCUT2D eigenvalue weighted by Gasteiger charge is 2.29. The number of aliphatic imine (C=N–C) groups is 1. The van der Waals surface area contributed by atoms with Crippen LogP contribution in [0.15, 0.2) is 41.4 Å². The van der Waals surface area contributed by atoms with Crippen LogP contribution in [-0.2, 0) is 40.1 Å². The summed E-state index contributed by atoms with van der Waals surface area (Å²) in [5, 5.41) is 12.3. The SMILES string of the molecule is CC(C)N=C=O.CCN(CC1CCN(C(=O)NC(C)C)CC1)C1CCc2ccc(NC(C)=O)cc2C1.CCN(CC1CCNCC1)C1CCc2ccc(NC(C)=O)cc2C1.CC[NH+](CC)CC. The number of nitrogens with zero attached hydrogens (tertiary/aromatic N) is 4. The molecule has 0 bridgehead atoms. The predicted octanol–water partition coefficient (Wildman–Crippen LogP) is 7.14. The van der Waals surface area contributed by atoms with Gasteiger partial charge < -0.3 is 40.9 Å². The number of anilines is 2. The Balaban J connectivity index is 0.000000285. The molecule has 2 aliphatic heterocycles. The van der Waals surface area contributed by atoms with Crippen molar-refractivity contribution in [3.05, 3.63) is 58.7 Å². The first-order valence-electron chi connectivity index (χ1n) is 26.1. The van der Waals surface area contributed by atoms with Crippen LogP contribution in [0, 0.1) is 11.8 Å². The molecule has 2 saturated heterocycles. The molecule has 0 radical (unpaired) electrons. The van der Waals surface area contributed by atoms with Gasteiger partial charge in [0.2, 0.25) is 17.9 Å². The van der Waals surface area contributed by atoms with E-state index in [9.17, 15) is 19.2 Å². The molecular formula is C54H92N9O4+. The van der Waals surface area contributed by atoms with Gasteiger partial charge in [0.1, 0.15) is 0 Å². The van der Waals surface area contributed by atoms with Crippen LogP contribution in [0.25, 0.3) is 0 Å². The molecule has 6 rings (SSSR count). The van der Waals surface area contributed by atoms with Gasteiger partial charge in [-0.1, -0.05) is 26.0 Å². The molecule has 2 atom stereocenters. The van der Waals surface area contributed by atoms with Crippen LogP contribution in [0.4, 0.5) is 16.2 Å². The minimum atomic E-state index is -0.0223. The van der Waals surface area contributed by atoms with E-state index in [4.69, 9.17) is 0 Å². The zero-order valence-corrected chi connectivity index (χ0v) is 43.7. The van der Waals surface area contributed by atoms with E-state index in [0.717, 1.165) is 88.5 Å². The Labute approximate surface area is 406 Å². The normalized spacial score (nSPS) is 18.3. The molecule has 13 heteroatoms. The van der Waals surface area contributed by atoms with Gasteiger partial charge in [-0.2, -0.15) is 0 Å². The van der Waals surface area contributed by atoms with Crippen molar-refractivity contribution in [1.29, 1.82) is 0 Å². The van der Waals surface area contributed by atoms with Crippen LogP contribution in [-0.4, -0.2) is 135 Å². The number of carbonyl (C=O) groups excluding carboxylic acids is 4. The molecule has 2 aromatic carbocycles. The number of likely N-dealkylation sites (N-methyl/N-ethyl adjacent to an activating group) is 2. The van der Waals surface area contributed by atoms with Crippen molar-refractivity contribution in [2.45, 2.75) is 165 Å². The van der Waals surface area contributed by atoms with Gasteiger partial charge in [-0.05, 0) is 197 Å². The monoisotopic (exact) mass is 931 g/mol. The van der Waals surface area contributed by atoms with E-state index >= 15 is 0 Å². The standard InChI is InChI=1S/C24H38N4O2.C20H31N3O.C6H15N.C4H7NO/c1-5-27(16-19-10-12-28(13-11-19)24(30)25-17(2)3)23-9-7-20-6-8-22(26-18(4)29)14-21(20)15-23;1-3-23(14-16-8-10-21-11-9-16)20-7-5-17-4-6-19(22-15(2)24)12-18(17)13-20;1-4-7(5-2)6-3;1-4(2)5-3-6/h6,8,14,17,19,23H,5,7,9-13,15-16H2,1-4H3,(H,25,30)(H,26,29);4,6,12,16,20-21H,3,5,7-11,13-14H2,1-2H3,(H,22,24);4-6H2,1-3H3;4H,1-2H3/p+1. The number of amides is 4. The average molecular weight is 931 g/mol. The smallest absolute Gasteiger partial charge is 0.317 e. The van der Waals surface area contributed by atoms with Gasteiger partial charge in [-0.15, -0.1) is 0 Å². The van der Waals surface area contributed by atoms with Crippen molar-refractivity contribution in [3.8, 4) is 0 Å². The number of rotatable bonds is 15. The Bertz CT molecular complexity index is 1810.